The summed E-state index contributed by atoms with van der Waals surface area (Å²) in [6.45, 7) is 2.13. The van der Waals surface area contributed by atoms with Gasteiger partial charge in [0, 0.05) is 0 Å². The molecule has 0 saturated heterocycles. The maximum Gasteiger partial charge on any atom is 0.0582 e. The third-order valence-corrected chi connectivity index (χ3v) is 3.40. The first-order valence-corrected chi connectivity index (χ1v) is 5.50. The van der Waals surface area contributed by atoms with Crippen LogP contribution in [0.4, 0.5) is 0 Å². The minimum Gasteiger partial charge on any atom is -0.118 e. The fourth-order valence-electron chi connectivity index (χ4n) is 2.02. The zero-order chi connectivity index (χ0) is 9.26. The molecule has 1 unspecified atom stereocenters. The van der Waals surface area contributed by atoms with Crippen LogP contribution in [0.15, 0.2) is 18.2 Å². The topological polar surface area (TPSA) is 0 Å². The molecule has 70 valence electrons. The van der Waals surface area contributed by atoms with E-state index in [0.29, 0.717) is 0 Å². The molecular weight excluding hydrogens is 180 g/mol. The lowest BCUT2D eigenvalue weighted by Gasteiger charge is -2.08. The number of alkyl halides is 1. The molecule has 0 fully saturated rings. The average molecular weight is 195 g/mol. The predicted octanol–water partition coefficient (Wildman–Crippen LogP) is 3.87. The summed E-state index contributed by atoms with van der Waals surface area (Å²) in [7, 11) is 0. The molecule has 0 radical (unpaired) electrons. The van der Waals surface area contributed by atoms with E-state index >= 15 is 0 Å². The second-order valence-corrected chi connectivity index (χ2v) is 4.28. The predicted molar refractivity (Wildman–Crippen MR) is 57.4 cm³/mol. The summed E-state index contributed by atoms with van der Waals surface area (Å²) < 4.78 is 0. The molecule has 0 aromatic heterocycles. The number of benzene rings is 1. The third kappa shape index (κ3) is 1.73. The normalized spacial score (nSPS) is 17.1. The number of rotatable bonds is 2. The first-order chi connectivity index (χ1) is 6.31. The van der Waals surface area contributed by atoms with Crippen LogP contribution in [0.1, 0.15) is 41.8 Å². The van der Waals surface area contributed by atoms with E-state index in [-0.39, 0.29) is 5.38 Å². The highest BCUT2D eigenvalue weighted by Crippen LogP contribution is 2.29. The highest BCUT2D eigenvalue weighted by Gasteiger charge is 2.13. The lowest BCUT2D eigenvalue weighted by molar-refractivity contribution is 0.879. The maximum atomic E-state index is 6.19. The van der Waals surface area contributed by atoms with E-state index in [1.807, 2.05) is 0 Å². The zero-order valence-corrected chi connectivity index (χ0v) is 8.77. The van der Waals surface area contributed by atoms with Gasteiger partial charge in [0.15, 0.2) is 0 Å². The number of fused-ring (bicyclic) bond motifs is 1. The fourth-order valence-corrected chi connectivity index (χ4v) is 2.16. The Kier molecular flexibility index (Phi) is 2.59. The fraction of sp³-hybridized carbons (Fsp3) is 0.500. The summed E-state index contributed by atoms with van der Waals surface area (Å²) in [5, 5.41) is 0.200. The van der Waals surface area contributed by atoms with E-state index in [4.69, 9.17) is 11.6 Å². The van der Waals surface area contributed by atoms with Crippen LogP contribution in [-0.4, -0.2) is 0 Å². The molecule has 0 heterocycles. The lowest BCUT2D eigenvalue weighted by Crippen LogP contribution is -1.91. The van der Waals surface area contributed by atoms with Crippen molar-refractivity contribution in [1.29, 1.82) is 0 Å². The van der Waals surface area contributed by atoms with Crippen LogP contribution in [0.3, 0.4) is 0 Å². The van der Waals surface area contributed by atoms with Gasteiger partial charge in [0.25, 0.3) is 0 Å². The number of hydrogen-bond acceptors (Lipinski definition) is 0. The molecule has 0 aliphatic heterocycles. The van der Waals surface area contributed by atoms with Crippen molar-refractivity contribution in [2.75, 3.05) is 0 Å². The van der Waals surface area contributed by atoms with Gasteiger partial charge in [-0.1, -0.05) is 25.1 Å². The first kappa shape index (κ1) is 9.08. The van der Waals surface area contributed by atoms with E-state index in [9.17, 15) is 0 Å². The Labute approximate surface area is 84.9 Å². The van der Waals surface area contributed by atoms with E-state index in [0.717, 1.165) is 6.42 Å². The summed E-state index contributed by atoms with van der Waals surface area (Å²) >= 11 is 6.19. The molecule has 1 heteroatoms. The van der Waals surface area contributed by atoms with Gasteiger partial charge in [0.1, 0.15) is 0 Å². The van der Waals surface area contributed by atoms with Gasteiger partial charge in [-0.15, -0.1) is 11.6 Å². The first-order valence-electron chi connectivity index (χ1n) is 5.07. The third-order valence-electron chi connectivity index (χ3n) is 2.84. The van der Waals surface area contributed by atoms with Crippen molar-refractivity contribution < 1.29 is 0 Å². The minimum atomic E-state index is 0.200. The Hall–Kier alpha value is -0.490. The van der Waals surface area contributed by atoms with Crippen molar-refractivity contribution in [2.45, 2.75) is 38.0 Å². The van der Waals surface area contributed by atoms with Crippen molar-refractivity contribution >= 4 is 11.6 Å². The van der Waals surface area contributed by atoms with Crippen molar-refractivity contribution in [3.63, 3.8) is 0 Å². The Bertz CT molecular complexity index is 304. The Morgan fingerprint density at radius 1 is 1.31 bits per heavy atom. The number of halogens is 1. The molecule has 1 aromatic rings. The molecule has 0 spiro atoms. The van der Waals surface area contributed by atoms with Gasteiger partial charge < -0.3 is 0 Å². The van der Waals surface area contributed by atoms with Crippen LogP contribution in [0.2, 0.25) is 0 Å². The van der Waals surface area contributed by atoms with E-state index in [1.165, 1.54) is 36.0 Å². The van der Waals surface area contributed by atoms with Crippen LogP contribution in [0.25, 0.3) is 0 Å². The van der Waals surface area contributed by atoms with Gasteiger partial charge in [-0.2, -0.15) is 0 Å². The number of hydrogen-bond donors (Lipinski definition) is 0. The smallest absolute Gasteiger partial charge is 0.0582 e. The van der Waals surface area contributed by atoms with Crippen LogP contribution in [-0.2, 0) is 12.8 Å². The van der Waals surface area contributed by atoms with Crippen LogP contribution < -0.4 is 0 Å². The molecule has 1 aliphatic carbocycles. The molecule has 0 amide bonds. The van der Waals surface area contributed by atoms with Gasteiger partial charge in [-0.25, -0.2) is 0 Å². The van der Waals surface area contributed by atoms with Crippen molar-refractivity contribution in [2.24, 2.45) is 0 Å². The Morgan fingerprint density at radius 2 is 2.08 bits per heavy atom. The SMILES string of the molecule is CCC(Cl)c1ccc2c(c1)CCC2. The van der Waals surface area contributed by atoms with Crippen LogP contribution in [0.5, 0.6) is 0 Å². The molecule has 1 aliphatic rings. The van der Waals surface area contributed by atoms with E-state index in [1.54, 1.807) is 0 Å². The second kappa shape index (κ2) is 3.71. The summed E-state index contributed by atoms with van der Waals surface area (Å²) in [5.41, 5.74) is 4.35. The molecule has 13 heavy (non-hydrogen) atoms. The Balaban J connectivity index is 2.30. The average Bonchev–Trinajstić information content (AvgIpc) is 2.63. The van der Waals surface area contributed by atoms with Crippen LogP contribution >= 0.6 is 11.6 Å². The summed E-state index contributed by atoms with van der Waals surface area (Å²) in [6, 6.07) is 6.73. The maximum absolute atomic E-state index is 6.19. The molecule has 0 bridgehead atoms. The van der Waals surface area contributed by atoms with E-state index < -0.39 is 0 Å². The zero-order valence-electron chi connectivity index (χ0n) is 8.02. The molecule has 0 saturated carbocycles. The monoisotopic (exact) mass is 194 g/mol. The summed E-state index contributed by atoms with van der Waals surface area (Å²) in [4.78, 5) is 0. The lowest BCUT2D eigenvalue weighted by atomic mass is 10.0. The Morgan fingerprint density at radius 3 is 2.85 bits per heavy atom. The van der Waals surface area contributed by atoms with Crippen molar-refractivity contribution in [1.82, 2.24) is 0 Å². The molecule has 0 N–H and O–H groups in total. The number of aryl methyl sites for hydroxylation is 2. The van der Waals surface area contributed by atoms with Gasteiger partial charge in [0.2, 0.25) is 0 Å². The van der Waals surface area contributed by atoms with Gasteiger partial charge in [0.05, 0.1) is 5.38 Å². The van der Waals surface area contributed by atoms with Gasteiger partial charge in [-0.05, 0) is 42.4 Å². The minimum absolute atomic E-state index is 0.200. The highest BCUT2D eigenvalue weighted by atomic mass is 35.5. The molecule has 0 nitrogen and oxygen atoms in total. The molecular formula is C12H15Cl. The quantitative estimate of drug-likeness (QED) is 0.628. The summed E-state index contributed by atoms with van der Waals surface area (Å²) in [6.07, 6.45) is 4.84. The second-order valence-electron chi connectivity index (χ2n) is 3.76. The van der Waals surface area contributed by atoms with Crippen molar-refractivity contribution in [3.8, 4) is 0 Å². The largest absolute Gasteiger partial charge is 0.118 e. The van der Waals surface area contributed by atoms with Gasteiger partial charge >= 0.3 is 0 Å². The van der Waals surface area contributed by atoms with Crippen LogP contribution in [0, 0.1) is 0 Å². The van der Waals surface area contributed by atoms with Gasteiger partial charge in [-0.3, -0.25) is 0 Å². The highest BCUT2D eigenvalue weighted by molar-refractivity contribution is 6.20. The van der Waals surface area contributed by atoms with E-state index in [2.05, 4.69) is 25.1 Å². The van der Waals surface area contributed by atoms with Crippen molar-refractivity contribution in [3.05, 3.63) is 34.9 Å². The molecule has 2 rings (SSSR count). The molecule has 1 aromatic carbocycles. The summed E-state index contributed by atoms with van der Waals surface area (Å²) in [5.74, 6) is 0. The standard InChI is InChI=1S/C12H15Cl/c1-2-12(13)11-7-6-9-4-3-5-10(9)8-11/h6-8,12H,2-5H2,1H3. The molecule has 1 atom stereocenters.